The maximum atomic E-state index is 13.8. The predicted octanol–water partition coefficient (Wildman–Crippen LogP) is 4.74. The van der Waals surface area contributed by atoms with E-state index in [-0.39, 0.29) is 5.82 Å². The van der Waals surface area contributed by atoms with Gasteiger partial charge in [0.1, 0.15) is 5.82 Å². The molecule has 0 atom stereocenters. The van der Waals surface area contributed by atoms with Crippen LogP contribution in [0, 0.1) is 5.82 Å². The summed E-state index contributed by atoms with van der Waals surface area (Å²) in [4.78, 5) is 1.35. The van der Waals surface area contributed by atoms with Gasteiger partial charge in [-0.05, 0) is 29.8 Å². The number of benzene rings is 2. The van der Waals surface area contributed by atoms with Crippen molar-refractivity contribution < 1.29 is 4.39 Å². The Morgan fingerprint density at radius 3 is 2.56 bits per heavy atom. The number of rotatable bonds is 3. The topological polar surface area (TPSA) is 26.0 Å². The van der Waals surface area contributed by atoms with Crippen LogP contribution >= 0.6 is 35.0 Å². The van der Waals surface area contributed by atoms with E-state index in [0.717, 1.165) is 10.5 Å². The molecule has 94 valence electrons. The highest BCUT2D eigenvalue weighted by Gasteiger charge is 2.10. The van der Waals surface area contributed by atoms with Gasteiger partial charge in [-0.2, -0.15) is 0 Å². The summed E-state index contributed by atoms with van der Waals surface area (Å²) in [6, 6.07) is 10.1. The fourth-order valence-corrected chi connectivity index (χ4v) is 2.85. The molecule has 0 unspecified atom stereocenters. The summed E-state index contributed by atoms with van der Waals surface area (Å²) in [5.74, 6) is -0.283. The first kappa shape index (κ1) is 13.7. The normalized spacial score (nSPS) is 10.7. The van der Waals surface area contributed by atoms with Gasteiger partial charge in [0.25, 0.3) is 0 Å². The minimum Gasteiger partial charge on any atom is -0.326 e. The molecule has 0 radical (unpaired) electrons. The molecule has 0 heterocycles. The van der Waals surface area contributed by atoms with Crippen molar-refractivity contribution in [1.82, 2.24) is 0 Å². The van der Waals surface area contributed by atoms with Gasteiger partial charge >= 0.3 is 0 Å². The maximum Gasteiger partial charge on any atom is 0.137 e. The molecule has 18 heavy (non-hydrogen) atoms. The van der Waals surface area contributed by atoms with Crippen molar-refractivity contribution in [2.45, 2.75) is 16.3 Å². The highest BCUT2D eigenvalue weighted by Crippen LogP contribution is 2.35. The Bertz CT molecular complexity index is 575. The molecule has 0 spiro atoms. The molecule has 5 heteroatoms. The first-order chi connectivity index (χ1) is 8.61. The largest absolute Gasteiger partial charge is 0.326 e. The summed E-state index contributed by atoms with van der Waals surface area (Å²) in [5.41, 5.74) is 6.37. The van der Waals surface area contributed by atoms with E-state index in [0.29, 0.717) is 21.5 Å². The first-order valence-corrected chi connectivity index (χ1v) is 6.79. The van der Waals surface area contributed by atoms with E-state index < -0.39 is 0 Å². The summed E-state index contributed by atoms with van der Waals surface area (Å²) < 4.78 is 13.8. The Kier molecular flexibility index (Phi) is 4.51. The lowest BCUT2D eigenvalue weighted by Gasteiger charge is -2.09. The van der Waals surface area contributed by atoms with Crippen LogP contribution in [0.1, 0.15) is 5.56 Å². The van der Waals surface area contributed by atoms with Crippen LogP contribution in [-0.2, 0) is 6.54 Å². The summed E-state index contributed by atoms with van der Waals surface area (Å²) >= 11 is 13.1. The molecule has 0 aliphatic heterocycles. The van der Waals surface area contributed by atoms with Gasteiger partial charge in [0.05, 0.1) is 14.9 Å². The lowest BCUT2D eigenvalue weighted by molar-refractivity contribution is 0.597. The predicted molar refractivity (Wildman–Crippen MR) is 74.9 cm³/mol. The summed E-state index contributed by atoms with van der Waals surface area (Å²) in [6.07, 6.45) is 0. The van der Waals surface area contributed by atoms with Crippen molar-refractivity contribution in [2.75, 3.05) is 0 Å². The van der Waals surface area contributed by atoms with Gasteiger partial charge in [-0.25, -0.2) is 4.39 Å². The van der Waals surface area contributed by atoms with Gasteiger partial charge in [0, 0.05) is 11.4 Å². The molecule has 0 bridgehead atoms. The van der Waals surface area contributed by atoms with Crippen molar-refractivity contribution >= 4 is 35.0 Å². The van der Waals surface area contributed by atoms with E-state index in [1.807, 2.05) is 6.07 Å². The molecule has 0 aromatic heterocycles. The SMILES string of the molecule is NCc1cccc(F)c1Sc1ccc(Cl)c(Cl)c1. The van der Waals surface area contributed by atoms with Crippen LogP contribution in [-0.4, -0.2) is 0 Å². The zero-order valence-corrected chi connectivity index (χ0v) is 11.6. The van der Waals surface area contributed by atoms with Crippen LogP contribution in [0.25, 0.3) is 0 Å². The second kappa shape index (κ2) is 5.93. The van der Waals surface area contributed by atoms with E-state index in [9.17, 15) is 4.39 Å². The Labute approximate surface area is 119 Å². The Hall–Kier alpha value is -0.740. The average molecular weight is 302 g/mol. The smallest absolute Gasteiger partial charge is 0.137 e. The second-order valence-corrected chi connectivity index (χ2v) is 5.51. The lowest BCUT2D eigenvalue weighted by atomic mass is 10.2. The number of nitrogens with two attached hydrogens (primary N) is 1. The fourth-order valence-electron chi connectivity index (χ4n) is 1.49. The van der Waals surface area contributed by atoms with Crippen molar-refractivity contribution in [2.24, 2.45) is 5.73 Å². The first-order valence-electron chi connectivity index (χ1n) is 5.22. The highest BCUT2D eigenvalue weighted by atomic mass is 35.5. The molecule has 0 aliphatic rings. The fraction of sp³-hybridized carbons (Fsp3) is 0.0769. The average Bonchev–Trinajstić information content (AvgIpc) is 2.36. The van der Waals surface area contributed by atoms with E-state index in [1.54, 1.807) is 24.3 Å². The molecule has 2 N–H and O–H groups in total. The molecule has 0 aliphatic carbocycles. The van der Waals surface area contributed by atoms with E-state index in [2.05, 4.69) is 0 Å². The Morgan fingerprint density at radius 1 is 1.11 bits per heavy atom. The highest BCUT2D eigenvalue weighted by molar-refractivity contribution is 7.99. The van der Waals surface area contributed by atoms with E-state index in [1.165, 1.54) is 17.8 Å². The minimum absolute atomic E-state index is 0.283. The molecular formula is C13H10Cl2FNS. The molecule has 1 nitrogen and oxygen atoms in total. The molecule has 0 amide bonds. The van der Waals surface area contributed by atoms with Crippen molar-refractivity contribution in [3.8, 4) is 0 Å². The van der Waals surface area contributed by atoms with Crippen LogP contribution in [0.5, 0.6) is 0 Å². The number of hydrogen-bond donors (Lipinski definition) is 1. The zero-order valence-electron chi connectivity index (χ0n) is 9.29. The molecule has 0 saturated carbocycles. The molecule has 0 fully saturated rings. The van der Waals surface area contributed by atoms with Crippen molar-refractivity contribution in [3.05, 3.63) is 57.8 Å². The van der Waals surface area contributed by atoms with Gasteiger partial charge < -0.3 is 5.73 Å². The third kappa shape index (κ3) is 2.98. The monoisotopic (exact) mass is 301 g/mol. The van der Waals surface area contributed by atoms with Gasteiger partial charge in [-0.15, -0.1) is 0 Å². The molecule has 2 aromatic rings. The quantitative estimate of drug-likeness (QED) is 0.886. The van der Waals surface area contributed by atoms with Gasteiger partial charge in [-0.3, -0.25) is 0 Å². The zero-order chi connectivity index (χ0) is 13.1. The minimum atomic E-state index is -0.283. The van der Waals surface area contributed by atoms with Crippen molar-refractivity contribution in [1.29, 1.82) is 0 Å². The Balaban J connectivity index is 2.36. The third-order valence-electron chi connectivity index (χ3n) is 2.38. The van der Waals surface area contributed by atoms with Crippen LogP contribution in [0.3, 0.4) is 0 Å². The molecule has 2 aromatic carbocycles. The standard InChI is InChI=1S/C13H10Cl2FNS/c14-10-5-4-9(6-11(10)15)18-13-8(7-17)2-1-3-12(13)16/h1-6H,7,17H2. The Morgan fingerprint density at radius 2 is 1.89 bits per heavy atom. The van der Waals surface area contributed by atoms with Crippen LogP contribution in [0.2, 0.25) is 10.0 Å². The summed E-state index contributed by atoms with van der Waals surface area (Å²) in [7, 11) is 0. The van der Waals surface area contributed by atoms with Crippen LogP contribution < -0.4 is 5.73 Å². The number of hydrogen-bond acceptors (Lipinski definition) is 2. The molecular weight excluding hydrogens is 292 g/mol. The second-order valence-electron chi connectivity index (χ2n) is 3.61. The summed E-state index contributed by atoms with van der Waals surface area (Å²) in [5, 5.41) is 0.931. The van der Waals surface area contributed by atoms with Gasteiger partial charge in [0.15, 0.2) is 0 Å². The maximum absolute atomic E-state index is 13.8. The van der Waals surface area contributed by atoms with Crippen LogP contribution in [0.15, 0.2) is 46.2 Å². The third-order valence-corrected chi connectivity index (χ3v) is 4.27. The van der Waals surface area contributed by atoms with E-state index in [4.69, 9.17) is 28.9 Å². The molecule has 0 saturated heterocycles. The number of halogens is 3. The van der Waals surface area contributed by atoms with Crippen LogP contribution in [0.4, 0.5) is 4.39 Å². The van der Waals surface area contributed by atoms with Gasteiger partial charge in [-0.1, -0.05) is 47.1 Å². The summed E-state index contributed by atoms with van der Waals surface area (Å²) in [6.45, 7) is 0.293. The van der Waals surface area contributed by atoms with Crippen molar-refractivity contribution in [3.63, 3.8) is 0 Å². The lowest BCUT2D eigenvalue weighted by Crippen LogP contribution is -1.99. The van der Waals surface area contributed by atoms with E-state index >= 15 is 0 Å². The molecule has 2 rings (SSSR count). The van der Waals surface area contributed by atoms with Gasteiger partial charge in [0.2, 0.25) is 0 Å².